The van der Waals surface area contributed by atoms with Crippen molar-refractivity contribution < 1.29 is 4.42 Å². The molecule has 0 saturated carbocycles. The molecule has 0 atom stereocenters. The lowest BCUT2D eigenvalue weighted by Gasteiger charge is -2.30. The van der Waals surface area contributed by atoms with E-state index in [1.807, 2.05) is 6.07 Å². The summed E-state index contributed by atoms with van der Waals surface area (Å²) < 4.78 is 9.09. The van der Waals surface area contributed by atoms with Crippen molar-refractivity contribution in [1.29, 1.82) is 0 Å². The standard InChI is InChI=1S/C66H44N2O/c1-3-20-46(21-4-1)50-24-7-8-25-51(50)52-26-9-10-27-53(52)54-28-11-15-34-61(54)68(62-35-16-12-29-55(62)58-32-19-33-59-57-31-14-18-37-65(57)69-66(58)59)49-41-38-45(39-42-49)47-40-43-64-60(44-47)56-30-13-17-36-63(56)67(64)48-22-5-2-6-23-48/h1-44H. The van der Waals surface area contributed by atoms with Crippen molar-refractivity contribution >= 4 is 60.8 Å². The highest BCUT2D eigenvalue weighted by Crippen LogP contribution is 2.49. The van der Waals surface area contributed by atoms with Crippen LogP contribution < -0.4 is 4.90 Å². The molecule has 0 N–H and O–H groups in total. The molecule has 69 heavy (non-hydrogen) atoms. The van der Waals surface area contributed by atoms with Gasteiger partial charge in [0, 0.05) is 49.6 Å². The molecule has 0 spiro atoms. The zero-order chi connectivity index (χ0) is 45.7. The Morgan fingerprint density at radius 1 is 0.290 bits per heavy atom. The number of benzene rings is 11. The first-order valence-electron chi connectivity index (χ1n) is 23.6. The summed E-state index contributed by atoms with van der Waals surface area (Å²) in [5.41, 5.74) is 19.9. The Balaban J connectivity index is 0.998. The summed E-state index contributed by atoms with van der Waals surface area (Å²) >= 11 is 0. The summed E-state index contributed by atoms with van der Waals surface area (Å²) in [6.45, 7) is 0. The number of rotatable bonds is 9. The molecule has 3 nitrogen and oxygen atoms in total. The molecule has 2 heterocycles. The molecule has 0 amide bonds. The van der Waals surface area contributed by atoms with Gasteiger partial charge in [0.15, 0.2) is 0 Å². The number of fused-ring (bicyclic) bond motifs is 6. The zero-order valence-electron chi connectivity index (χ0n) is 37.7. The SMILES string of the molecule is c1ccc(-c2ccccc2-c2ccccc2-c2ccccc2N(c2ccc(-c3ccc4c(c3)c3ccccc3n4-c3ccccc3)cc2)c2ccccc2-c2cccc3c2oc2ccccc23)cc1. The highest BCUT2D eigenvalue weighted by atomic mass is 16.3. The highest BCUT2D eigenvalue weighted by Gasteiger charge is 2.24. The van der Waals surface area contributed by atoms with Gasteiger partial charge in [-0.15, -0.1) is 0 Å². The van der Waals surface area contributed by atoms with Crippen LogP contribution in [0.25, 0.3) is 105 Å². The summed E-state index contributed by atoms with van der Waals surface area (Å²) in [5.74, 6) is 0. The fourth-order valence-corrected chi connectivity index (χ4v) is 10.5. The molecule has 0 fully saturated rings. The number of nitrogens with zero attached hydrogens (tertiary/aromatic N) is 2. The van der Waals surface area contributed by atoms with Gasteiger partial charge in [-0.25, -0.2) is 0 Å². The van der Waals surface area contributed by atoms with E-state index < -0.39 is 0 Å². The second-order valence-corrected chi connectivity index (χ2v) is 17.6. The lowest BCUT2D eigenvalue weighted by Crippen LogP contribution is -2.12. The quantitative estimate of drug-likeness (QED) is 0.144. The molecule has 13 rings (SSSR count). The van der Waals surface area contributed by atoms with Gasteiger partial charge in [0.05, 0.1) is 22.4 Å². The first kappa shape index (κ1) is 40.1. The first-order chi connectivity index (χ1) is 34.3. The van der Waals surface area contributed by atoms with Crippen LogP contribution in [0.1, 0.15) is 0 Å². The van der Waals surface area contributed by atoms with E-state index in [1.54, 1.807) is 0 Å². The molecular formula is C66H44N2O. The van der Waals surface area contributed by atoms with E-state index in [2.05, 4.69) is 270 Å². The molecule has 13 aromatic rings. The maximum Gasteiger partial charge on any atom is 0.143 e. The highest BCUT2D eigenvalue weighted by molar-refractivity contribution is 6.12. The third kappa shape index (κ3) is 6.91. The largest absolute Gasteiger partial charge is 0.455 e. The Hall–Kier alpha value is -9.18. The van der Waals surface area contributed by atoms with Crippen molar-refractivity contribution in [2.24, 2.45) is 0 Å². The van der Waals surface area contributed by atoms with Gasteiger partial charge >= 0.3 is 0 Å². The van der Waals surface area contributed by atoms with E-state index in [1.165, 1.54) is 49.6 Å². The molecule has 0 aliphatic carbocycles. The Morgan fingerprint density at radius 3 is 1.51 bits per heavy atom. The normalized spacial score (nSPS) is 11.5. The van der Waals surface area contributed by atoms with E-state index in [-0.39, 0.29) is 0 Å². The van der Waals surface area contributed by atoms with Gasteiger partial charge in [-0.2, -0.15) is 0 Å². The Kier molecular flexibility index (Phi) is 9.84. The minimum absolute atomic E-state index is 0.876. The van der Waals surface area contributed by atoms with E-state index >= 15 is 0 Å². The molecule has 0 radical (unpaired) electrons. The van der Waals surface area contributed by atoms with Crippen molar-refractivity contribution in [2.75, 3.05) is 4.90 Å². The topological polar surface area (TPSA) is 21.3 Å². The van der Waals surface area contributed by atoms with Crippen LogP contribution in [-0.4, -0.2) is 4.57 Å². The Labute approximate surface area is 401 Å². The summed E-state index contributed by atoms with van der Waals surface area (Å²) in [4.78, 5) is 2.44. The van der Waals surface area contributed by atoms with Gasteiger partial charge in [0.1, 0.15) is 11.2 Å². The van der Waals surface area contributed by atoms with Crippen molar-refractivity contribution in [1.82, 2.24) is 4.57 Å². The lowest BCUT2D eigenvalue weighted by molar-refractivity contribution is 0.670. The van der Waals surface area contributed by atoms with Crippen molar-refractivity contribution in [3.8, 4) is 61.3 Å². The smallest absolute Gasteiger partial charge is 0.143 e. The number of hydrogen-bond acceptors (Lipinski definition) is 2. The van der Waals surface area contributed by atoms with Crippen LogP contribution >= 0.6 is 0 Å². The first-order valence-corrected chi connectivity index (χ1v) is 23.6. The van der Waals surface area contributed by atoms with E-state index in [0.29, 0.717) is 0 Å². The van der Waals surface area contributed by atoms with Crippen LogP contribution in [0, 0.1) is 0 Å². The molecule has 2 aromatic heterocycles. The average molecular weight is 881 g/mol. The van der Waals surface area contributed by atoms with Gasteiger partial charge in [-0.1, -0.05) is 206 Å². The molecular weight excluding hydrogens is 837 g/mol. The molecule has 0 unspecified atom stereocenters. The fourth-order valence-electron chi connectivity index (χ4n) is 10.5. The maximum atomic E-state index is 6.72. The van der Waals surface area contributed by atoms with Crippen molar-refractivity contribution in [2.45, 2.75) is 0 Å². The van der Waals surface area contributed by atoms with Crippen LogP contribution in [-0.2, 0) is 0 Å². The Morgan fingerprint density at radius 2 is 0.783 bits per heavy atom. The van der Waals surface area contributed by atoms with Crippen LogP contribution in [0.4, 0.5) is 17.1 Å². The fraction of sp³-hybridized carbons (Fsp3) is 0. The molecule has 0 aliphatic rings. The molecule has 3 heteroatoms. The van der Waals surface area contributed by atoms with Crippen LogP contribution in [0.3, 0.4) is 0 Å². The maximum absolute atomic E-state index is 6.72. The summed E-state index contributed by atoms with van der Waals surface area (Å²) in [6, 6.07) is 96.1. The van der Waals surface area contributed by atoms with Crippen molar-refractivity contribution in [3.05, 3.63) is 267 Å². The minimum atomic E-state index is 0.876. The number of anilines is 3. The Bertz CT molecular complexity index is 4010. The van der Waals surface area contributed by atoms with Crippen LogP contribution in [0.15, 0.2) is 271 Å². The molecule has 0 saturated heterocycles. The average Bonchev–Trinajstić information content (AvgIpc) is 3.98. The van der Waals surface area contributed by atoms with Crippen molar-refractivity contribution in [3.63, 3.8) is 0 Å². The third-order valence-corrected chi connectivity index (χ3v) is 13.6. The molecule has 0 aliphatic heterocycles. The van der Waals surface area contributed by atoms with Crippen LogP contribution in [0.2, 0.25) is 0 Å². The number of para-hydroxylation sites is 6. The van der Waals surface area contributed by atoms with Gasteiger partial charge in [0.2, 0.25) is 0 Å². The predicted octanol–water partition coefficient (Wildman–Crippen LogP) is 18.5. The second kappa shape index (κ2) is 16.9. The van der Waals surface area contributed by atoms with E-state index in [0.717, 1.165) is 72.5 Å². The van der Waals surface area contributed by atoms with E-state index in [4.69, 9.17) is 4.42 Å². The molecule has 324 valence electrons. The lowest BCUT2D eigenvalue weighted by atomic mass is 9.88. The zero-order valence-corrected chi connectivity index (χ0v) is 37.7. The second-order valence-electron chi connectivity index (χ2n) is 17.6. The van der Waals surface area contributed by atoms with Crippen LogP contribution in [0.5, 0.6) is 0 Å². The monoisotopic (exact) mass is 880 g/mol. The third-order valence-electron chi connectivity index (χ3n) is 13.6. The number of furan rings is 1. The van der Waals surface area contributed by atoms with E-state index in [9.17, 15) is 0 Å². The number of aromatic nitrogens is 1. The van der Waals surface area contributed by atoms with Gasteiger partial charge in [-0.3, -0.25) is 0 Å². The predicted molar refractivity (Wildman–Crippen MR) is 290 cm³/mol. The van der Waals surface area contributed by atoms with Gasteiger partial charge < -0.3 is 13.9 Å². The minimum Gasteiger partial charge on any atom is -0.455 e. The molecule has 11 aromatic carbocycles. The number of hydrogen-bond donors (Lipinski definition) is 0. The molecule has 0 bridgehead atoms. The van der Waals surface area contributed by atoms with Gasteiger partial charge in [0.25, 0.3) is 0 Å². The summed E-state index contributed by atoms with van der Waals surface area (Å²) in [5, 5.41) is 4.68. The summed E-state index contributed by atoms with van der Waals surface area (Å²) in [6.07, 6.45) is 0. The van der Waals surface area contributed by atoms with Gasteiger partial charge in [-0.05, 0) is 99.6 Å². The summed E-state index contributed by atoms with van der Waals surface area (Å²) in [7, 11) is 0.